The SMILES string of the molecule is Cc1nnc(NC2CCN(C3CCCCC3O)CC2)c(C#N)c1C. The summed E-state index contributed by atoms with van der Waals surface area (Å²) in [6.07, 6.45) is 6.26. The van der Waals surface area contributed by atoms with Gasteiger partial charge < -0.3 is 10.4 Å². The van der Waals surface area contributed by atoms with Crippen LogP contribution >= 0.6 is 0 Å². The summed E-state index contributed by atoms with van der Waals surface area (Å²) < 4.78 is 0. The van der Waals surface area contributed by atoms with Gasteiger partial charge in [0.2, 0.25) is 0 Å². The molecule has 2 aliphatic rings. The van der Waals surface area contributed by atoms with Crippen molar-refractivity contribution < 1.29 is 5.11 Å². The highest BCUT2D eigenvalue weighted by molar-refractivity contribution is 5.56. The molecule has 2 N–H and O–H groups in total. The van der Waals surface area contributed by atoms with Gasteiger partial charge in [-0.25, -0.2) is 0 Å². The lowest BCUT2D eigenvalue weighted by Crippen LogP contribution is -2.50. The molecule has 2 fully saturated rings. The van der Waals surface area contributed by atoms with Gasteiger partial charge in [-0.3, -0.25) is 4.90 Å². The van der Waals surface area contributed by atoms with Crippen molar-refractivity contribution in [1.29, 1.82) is 5.26 Å². The zero-order valence-corrected chi connectivity index (χ0v) is 14.6. The Morgan fingerprint density at radius 3 is 2.50 bits per heavy atom. The maximum Gasteiger partial charge on any atom is 0.167 e. The third kappa shape index (κ3) is 3.52. The van der Waals surface area contributed by atoms with E-state index >= 15 is 0 Å². The second kappa shape index (κ2) is 7.45. The standard InChI is InChI=1S/C18H27N5O/c1-12-13(2)21-22-18(15(12)11-19)20-14-7-9-23(10-8-14)16-5-3-4-6-17(16)24/h14,16-17,24H,3-10H2,1-2H3,(H,20,22). The Kier molecular flexibility index (Phi) is 5.32. The average Bonchev–Trinajstić information content (AvgIpc) is 2.60. The highest BCUT2D eigenvalue weighted by Crippen LogP contribution is 2.27. The number of likely N-dealkylation sites (tertiary alicyclic amines) is 1. The molecule has 0 radical (unpaired) electrons. The summed E-state index contributed by atoms with van der Waals surface area (Å²) in [6.45, 7) is 5.76. The Hall–Kier alpha value is -1.71. The number of rotatable bonds is 3. The molecule has 2 atom stereocenters. The second-order valence-electron chi connectivity index (χ2n) is 7.12. The summed E-state index contributed by atoms with van der Waals surface area (Å²) in [5, 5.41) is 31.4. The van der Waals surface area contributed by atoms with Gasteiger partial charge in [0.25, 0.3) is 0 Å². The molecule has 1 saturated heterocycles. The lowest BCUT2D eigenvalue weighted by Gasteiger charge is -2.41. The fourth-order valence-corrected chi connectivity index (χ4v) is 3.93. The molecule has 2 unspecified atom stereocenters. The molecule has 0 amide bonds. The number of nitrogens with one attached hydrogen (secondary N) is 1. The summed E-state index contributed by atoms with van der Waals surface area (Å²) in [6, 6.07) is 2.89. The largest absolute Gasteiger partial charge is 0.391 e. The molecular formula is C18H27N5O. The van der Waals surface area contributed by atoms with Gasteiger partial charge in [0.05, 0.1) is 11.8 Å². The van der Waals surface area contributed by atoms with Crippen molar-refractivity contribution in [2.75, 3.05) is 18.4 Å². The third-order valence-electron chi connectivity index (χ3n) is 5.60. The Morgan fingerprint density at radius 1 is 1.12 bits per heavy atom. The van der Waals surface area contributed by atoms with Crippen molar-refractivity contribution in [3.05, 3.63) is 16.8 Å². The van der Waals surface area contributed by atoms with E-state index in [1.165, 1.54) is 6.42 Å². The Morgan fingerprint density at radius 2 is 1.83 bits per heavy atom. The van der Waals surface area contributed by atoms with E-state index in [0.717, 1.165) is 56.5 Å². The van der Waals surface area contributed by atoms with Gasteiger partial charge in [0.1, 0.15) is 11.6 Å². The van der Waals surface area contributed by atoms with E-state index in [1.54, 1.807) is 0 Å². The van der Waals surface area contributed by atoms with Crippen molar-refractivity contribution in [3.63, 3.8) is 0 Å². The Bertz CT molecular complexity index is 619. The van der Waals surface area contributed by atoms with E-state index in [9.17, 15) is 10.4 Å². The van der Waals surface area contributed by atoms with E-state index in [2.05, 4.69) is 26.5 Å². The van der Waals surface area contributed by atoms with Crippen molar-refractivity contribution in [2.45, 2.75) is 70.6 Å². The van der Waals surface area contributed by atoms with Gasteiger partial charge in [0, 0.05) is 25.2 Å². The first-order valence-electron chi connectivity index (χ1n) is 9.02. The topological polar surface area (TPSA) is 85.1 Å². The Labute approximate surface area is 143 Å². The summed E-state index contributed by atoms with van der Waals surface area (Å²) in [5.74, 6) is 0.608. The molecule has 130 valence electrons. The molecule has 1 aliphatic heterocycles. The molecule has 0 spiro atoms. The molecule has 6 heteroatoms. The first-order chi connectivity index (χ1) is 11.6. The normalized spacial score (nSPS) is 26.1. The maximum atomic E-state index is 10.2. The lowest BCUT2D eigenvalue weighted by molar-refractivity contribution is 0.00992. The molecule has 0 bridgehead atoms. The first kappa shape index (κ1) is 17.1. The van der Waals surface area contributed by atoms with Gasteiger partial charge in [-0.15, -0.1) is 5.10 Å². The molecule has 1 aromatic rings. The van der Waals surface area contributed by atoms with Crippen LogP contribution in [0.4, 0.5) is 5.82 Å². The van der Waals surface area contributed by atoms with Gasteiger partial charge in [-0.05, 0) is 45.1 Å². The number of anilines is 1. The van der Waals surface area contributed by atoms with Crippen LogP contribution in [0.2, 0.25) is 0 Å². The van der Waals surface area contributed by atoms with Crippen LogP contribution in [0.1, 0.15) is 55.3 Å². The molecule has 3 rings (SSSR count). The van der Waals surface area contributed by atoms with E-state index in [4.69, 9.17) is 0 Å². The first-order valence-corrected chi connectivity index (χ1v) is 9.02. The van der Waals surface area contributed by atoms with Crippen LogP contribution in [0.25, 0.3) is 0 Å². The second-order valence-corrected chi connectivity index (χ2v) is 7.12. The number of piperidine rings is 1. The van der Waals surface area contributed by atoms with Crippen molar-refractivity contribution in [1.82, 2.24) is 15.1 Å². The molecule has 6 nitrogen and oxygen atoms in total. The third-order valence-corrected chi connectivity index (χ3v) is 5.60. The smallest absolute Gasteiger partial charge is 0.167 e. The molecule has 24 heavy (non-hydrogen) atoms. The minimum Gasteiger partial charge on any atom is -0.391 e. The minimum atomic E-state index is -0.168. The highest BCUT2D eigenvalue weighted by atomic mass is 16.3. The summed E-state index contributed by atoms with van der Waals surface area (Å²) >= 11 is 0. The predicted octanol–water partition coefficient (Wildman–Crippen LogP) is 2.14. The minimum absolute atomic E-state index is 0.168. The summed E-state index contributed by atoms with van der Waals surface area (Å²) in [4.78, 5) is 2.44. The van der Waals surface area contributed by atoms with Gasteiger partial charge in [0.15, 0.2) is 5.82 Å². The maximum absolute atomic E-state index is 10.2. The lowest BCUT2D eigenvalue weighted by atomic mass is 9.89. The van der Waals surface area contributed by atoms with E-state index < -0.39 is 0 Å². The highest BCUT2D eigenvalue weighted by Gasteiger charge is 2.31. The number of aromatic nitrogens is 2. The average molecular weight is 329 g/mol. The van der Waals surface area contributed by atoms with Crippen LogP contribution in [-0.2, 0) is 0 Å². The van der Waals surface area contributed by atoms with E-state index in [1.807, 2.05) is 13.8 Å². The zero-order valence-electron chi connectivity index (χ0n) is 14.6. The van der Waals surface area contributed by atoms with Crippen molar-refractivity contribution >= 4 is 5.82 Å². The Balaban J connectivity index is 1.60. The van der Waals surface area contributed by atoms with Crippen molar-refractivity contribution in [2.24, 2.45) is 0 Å². The number of nitrogens with zero attached hydrogens (tertiary/aromatic N) is 4. The zero-order chi connectivity index (χ0) is 17.1. The van der Waals surface area contributed by atoms with Crippen LogP contribution in [-0.4, -0.2) is 51.5 Å². The number of hydrogen-bond acceptors (Lipinski definition) is 6. The monoisotopic (exact) mass is 329 g/mol. The van der Waals surface area contributed by atoms with Gasteiger partial charge in [-0.2, -0.15) is 10.4 Å². The van der Waals surface area contributed by atoms with Crippen molar-refractivity contribution in [3.8, 4) is 6.07 Å². The number of aliphatic hydroxyl groups excluding tert-OH is 1. The van der Waals surface area contributed by atoms with Crippen LogP contribution in [0.5, 0.6) is 0 Å². The van der Waals surface area contributed by atoms with Gasteiger partial charge in [-0.1, -0.05) is 12.8 Å². The fraction of sp³-hybridized carbons (Fsp3) is 0.722. The fourth-order valence-electron chi connectivity index (χ4n) is 3.93. The predicted molar refractivity (Wildman–Crippen MR) is 92.7 cm³/mol. The molecule has 1 aliphatic carbocycles. The van der Waals surface area contributed by atoms with Crippen LogP contribution in [0.3, 0.4) is 0 Å². The number of hydrogen-bond donors (Lipinski definition) is 2. The number of nitriles is 1. The van der Waals surface area contributed by atoms with Crippen LogP contribution in [0.15, 0.2) is 0 Å². The molecule has 2 heterocycles. The number of aryl methyl sites for hydroxylation is 1. The number of aliphatic hydroxyl groups is 1. The molecule has 1 saturated carbocycles. The quantitative estimate of drug-likeness (QED) is 0.884. The van der Waals surface area contributed by atoms with Gasteiger partial charge >= 0.3 is 0 Å². The van der Waals surface area contributed by atoms with Crippen LogP contribution in [0, 0.1) is 25.2 Å². The van der Waals surface area contributed by atoms with E-state index in [-0.39, 0.29) is 6.10 Å². The van der Waals surface area contributed by atoms with Crippen LogP contribution < -0.4 is 5.32 Å². The molecule has 1 aromatic heterocycles. The molecular weight excluding hydrogens is 302 g/mol. The summed E-state index contributed by atoms with van der Waals surface area (Å²) in [5.41, 5.74) is 2.31. The molecule has 0 aromatic carbocycles. The summed E-state index contributed by atoms with van der Waals surface area (Å²) in [7, 11) is 0. The van der Waals surface area contributed by atoms with E-state index in [0.29, 0.717) is 23.5 Å².